The zero-order valence-corrected chi connectivity index (χ0v) is 16.2. The fraction of sp³-hybridized carbons (Fsp3) is 0.421. The smallest absolute Gasteiger partial charge is 0.330 e. The number of carbonyl (C=O) groups excluding carboxylic acids is 1. The SMILES string of the molecule is Cc1cc(C(N)=O)c(F)cc1NC1N=Cc2c(n(C3CCCOC3)c(=O)n2C)N1. The van der Waals surface area contributed by atoms with Gasteiger partial charge in [-0.05, 0) is 37.5 Å². The van der Waals surface area contributed by atoms with Gasteiger partial charge < -0.3 is 21.1 Å². The summed E-state index contributed by atoms with van der Waals surface area (Å²) in [5, 5.41) is 6.32. The number of aromatic nitrogens is 2. The van der Waals surface area contributed by atoms with Gasteiger partial charge in [-0.25, -0.2) is 14.2 Å². The Morgan fingerprint density at radius 1 is 1.45 bits per heavy atom. The minimum atomic E-state index is -0.821. The standard InChI is InChI=1S/C19H23FN6O3/c1-10-6-12(16(21)27)13(20)7-14(10)23-18-22-8-15-17(24-18)26(19(28)25(15)2)11-4-3-5-29-9-11/h6-8,11,18,23-24H,3-5,9H2,1-2H3,(H2,21,27). The molecule has 1 fully saturated rings. The summed E-state index contributed by atoms with van der Waals surface area (Å²) in [5.74, 6) is -0.881. The van der Waals surface area contributed by atoms with Gasteiger partial charge in [0.1, 0.15) is 17.3 Å². The lowest BCUT2D eigenvalue weighted by Crippen LogP contribution is -2.35. The lowest BCUT2D eigenvalue weighted by atomic mass is 10.1. The summed E-state index contributed by atoms with van der Waals surface area (Å²) in [5.41, 5.74) is 6.68. The third-order valence-electron chi connectivity index (χ3n) is 5.33. The highest BCUT2D eigenvalue weighted by molar-refractivity contribution is 5.94. The molecule has 9 nitrogen and oxygen atoms in total. The van der Waals surface area contributed by atoms with Gasteiger partial charge in [-0.1, -0.05) is 0 Å². The van der Waals surface area contributed by atoms with E-state index in [1.165, 1.54) is 12.1 Å². The van der Waals surface area contributed by atoms with E-state index in [4.69, 9.17) is 10.5 Å². The molecule has 1 aromatic heterocycles. The summed E-state index contributed by atoms with van der Waals surface area (Å²) in [7, 11) is 1.70. The van der Waals surface area contributed by atoms with Crippen molar-refractivity contribution in [3.05, 3.63) is 45.3 Å². The number of ether oxygens (including phenoxy) is 1. The van der Waals surface area contributed by atoms with E-state index in [0.29, 0.717) is 36.0 Å². The minimum absolute atomic E-state index is 0.0557. The summed E-state index contributed by atoms with van der Waals surface area (Å²) in [6.07, 6.45) is 2.75. The molecule has 29 heavy (non-hydrogen) atoms. The Morgan fingerprint density at radius 3 is 2.93 bits per heavy atom. The molecular weight excluding hydrogens is 379 g/mol. The molecule has 2 aromatic rings. The van der Waals surface area contributed by atoms with E-state index in [0.717, 1.165) is 12.8 Å². The number of hydrogen-bond donors (Lipinski definition) is 3. The van der Waals surface area contributed by atoms with Crippen molar-refractivity contribution in [1.29, 1.82) is 0 Å². The number of nitrogens with one attached hydrogen (secondary N) is 2. The lowest BCUT2D eigenvalue weighted by Gasteiger charge is -2.28. The van der Waals surface area contributed by atoms with Crippen molar-refractivity contribution in [2.75, 3.05) is 23.8 Å². The average Bonchev–Trinajstić information content (AvgIpc) is 2.95. The van der Waals surface area contributed by atoms with Gasteiger partial charge in [0.15, 0.2) is 6.29 Å². The van der Waals surface area contributed by atoms with Crippen molar-refractivity contribution >= 4 is 23.6 Å². The number of aryl methyl sites for hydroxylation is 1. The summed E-state index contributed by atoms with van der Waals surface area (Å²) < 4.78 is 23.0. The van der Waals surface area contributed by atoms with Crippen LogP contribution >= 0.6 is 0 Å². The molecule has 0 radical (unpaired) electrons. The van der Waals surface area contributed by atoms with Crippen molar-refractivity contribution in [1.82, 2.24) is 9.13 Å². The zero-order valence-electron chi connectivity index (χ0n) is 16.2. The molecule has 154 valence electrons. The summed E-state index contributed by atoms with van der Waals surface area (Å²) in [4.78, 5) is 28.5. The number of benzene rings is 1. The van der Waals surface area contributed by atoms with Crippen LogP contribution in [0, 0.1) is 12.7 Å². The fourth-order valence-electron chi connectivity index (χ4n) is 3.76. The normalized spacial score (nSPS) is 20.8. The first-order valence-electron chi connectivity index (χ1n) is 9.42. The molecule has 0 bridgehead atoms. The summed E-state index contributed by atoms with van der Waals surface area (Å²) in [6, 6.07) is 2.56. The first kappa shape index (κ1) is 19.2. The molecule has 10 heteroatoms. The van der Waals surface area contributed by atoms with Crippen LogP contribution in [0.3, 0.4) is 0 Å². The second-order valence-corrected chi connectivity index (χ2v) is 7.30. The van der Waals surface area contributed by atoms with E-state index in [1.54, 1.807) is 29.3 Å². The maximum absolute atomic E-state index is 14.2. The lowest BCUT2D eigenvalue weighted by molar-refractivity contribution is 0.0585. The van der Waals surface area contributed by atoms with Gasteiger partial charge in [0.2, 0.25) is 0 Å². The van der Waals surface area contributed by atoms with Crippen molar-refractivity contribution in [2.45, 2.75) is 32.1 Å². The first-order valence-corrected chi connectivity index (χ1v) is 9.42. The van der Waals surface area contributed by atoms with Gasteiger partial charge in [-0.3, -0.25) is 13.9 Å². The van der Waals surface area contributed by atoms with Crippen LogP contribution in [0.1, 0.15) is 40.5 Å². The van der Waals surface area contributed by atoms with Crippen molar-refractivity contribution in [3.8, 4) is 0 Å². The number of carbonyl (C=O) groups is 1. The van der Waals surface area contributed by atoms with Crippen LogP contribution in [0.2, 0.25) is 0 Å². The largest absolute Gasteiger partial charge is 0.379 e. The summed E-state index contributed by atoms with van der Waals surface area (Å²) >= 11 is 0. The third kappa shape index (κ3) is 3.39. The van der Waals surface area contributed by atoms with Crippen LogP contribution in [0.4, 0.5) is 15.9 Å². The van der Waals surface area contributed by atoms with Crippen LogP contribution in [0.25, 0.3) is 0 Å². The molecular formula is C19H23FN6O3. The van der Waals surface area contributed by atoms with Crippen LogP contribution < -0.4 is 22.1 Å². The number of hydrogen-bond acceptors (Lipinski definition) is 6. The minimum Gasteiger partial charge on any atom is -0.379 e. The number of imidazole rings is 1. The second kappa shape index (κ2) is 7.36. The Labute approximate surface area is 166 Å². The van der Waals surface area contributed by atoms with E-state index in [-0.39, 0.29) is 17.3 Å². The number of aliphatic imine (C=N–C) groups is 1. The molecule has 0 aliphatic carbocycles. The number of rotatable bonds is 4. The fourth-order valence-corrected chi connectivity index (χ4v) is 3.76. The Hall–Kier alpha value is -3.14. The van der Waals surface area contributed by atoms with E-state index < -0.39 is 18.0 Å². The Morgan fingerprint density at radius 2 is 2.24 bits per heavy atom. The van der Waals surface area contributed by atoms with Crippen LogP contribution in [-0.4, -0.2) is 40.8 Å². The topological polar surface area (TPSA) is 116 Å². The number of halogens is 1. The Kier molecular flexibility index (Phi) is 4.87. The number of amides is 1. The zero-order chi connectivity index (χ0) is 20.7. The van der Waals surface area contributed by atoms with Gasteiger partial charge in [0.05, 0.1) is 24.4 Å². The van der Waals surface area contributed by atoms with Crippen LogP contribution in [0.15, 0.2) is 21.9 Å². The molecule has 4 rings (SSSR count). The van der Waals surface area contributed by atoms with Gasteiger partial charge in [-0.15, -0.1) is 0 Å². The van der Waals surface area contributed by atoms with Crippen molar-refractivity contribution in [2.24, 2.45) is 17.8 Å². The average molecular weight is 402 g/mol. The van der Waals surface area contributed by atoms with Crippen LogP contribution in [-0.2, 0) is 11.8 Å². The maximum Gasteiger partial charge on any atom is 0.330 e. The Bertz CT molecular complexity index is 1050. The summed E-state index contributed by atoms with van der Waals surface area (Å²) in [6.45, 7) is 2.92. The van der Waals surface area contributed by atoms with Gasteiger partial charge in [-0.2, -0.15) is 0 Å². The number of primary amides is 1. The first-order chi connectivity index (χ1) is 13.9. The molecule has 4 N–H and O–H groups in total. The van der Waals surface area contributed by atoms with Gasteiger partial charge in [0.25, 0.3) is 5.91 Å². The highest BCUT2D eigenvalue weighted by Gasteiger charge is 2.28. The molecule has 2 aliphatic rings. The highest BCUT2D eigenvalue weighted by Crippen LogP contribution is 2.28. The Balaban J connectivity index is 1.63. The monoisotopic (exact) mass is 402 g/mol. The number of fused-ring (bicyclic) bond motifs is 1. The highest BCUT2D eigenvalue weighted by atomic mass is 19.1. The van der Waals surface area contributed by atoms with E-state index in [1.807, 2.05) is 0 Å². The predicted octanol–water partition coefficient (Wildman–Crippen LogP) is 1.32. The molecule has 3 heterocycles. The molecule has 1 saturated heterocycles. The third-order valence-corrected chi connectivity index (χ3v) is 5.33. The number of anilines is 2. The van der Waals surface area contributed by atoms with Crippen molar-refractivity contribution in [3.63, 3.8) is 0 Å². The van der Waals surface area contributed by atoms with E-state index >= 15 is 0 Å². The molecule has 0 spiro atoms. The second-order valence-electron chi connectivity index (χ2n) is 7.30. The van der Waals surface area contributed by atoms with E-state index in [2.05, 4.69) is 15.6 Å². The predicted molar refractivity (Wildman–Crippen MR) is 107 cm³/mol. The molecule has 1 aromatic carbocycles. The molecule has 2 unspecified atom stereocenters. The van der Waals surface area contributed by atoms with Crippen molar-refractivity contribution < 1.29 is 13.9 Å². The van der Waals surface area contributed by atoms with E-state index in [9.17, 15) is 14.0 Å². The number of nitrogens with zero attached hydrogens (tertiary/aromatic N) is 3. The quantitative estimate of drug-likeness (QED) is 0.714. The van der Waals surface area contributed by atoms with Crippen LogP contribution in [0.5, 0.6) is 0 Å². The number of nitrogens with two attached hydrogens (primary N) is 1. The molecule has 2 atom stereocenters. The maximum atomic E-state index is 14.2. The molecule has 2 aliphatic heterocycles. The molecule has 1 amide bonds. The van der Waals surface area contributed by atoms with Gasteiger partial charge in [0, 0.05) is 19.3 Å². The van der Waals surface area contributed by atoms with Gasteiger partial charge >= 0.3 is 5.69 Å². The molecule has 0 saturated carbocycles.